The molecule has 0 spiro atoms. The second-order valence-corrected chi connectivity index (χ2v) is 5.10. The SMILES string of the molecule is CCCC(C(=O)O)C(C)CC(C)(C)C(=O)O. The average Bonchev–Trinajstić information content (AvgIpc) is 2.12. The molecule has 0 saturated carbocycles. The number of rotatable bonds is 7. The average molecular weight is 230 g/mol. The van der Waals surface area contributed by atoms with Crippen LogP contribution in [0.1, 0.15) is 47.0 Å². The maximum Gasteiger partial charge on any atom is 0.309 e. The van der Waals surface area contributed by atoms with Gasteiger partial charge in [-0.3, -0.25) is 9.59 Å². The van der Waals surface area contributed by atoms with Gasteiger partial charge in [-0.1, -0.05) is 20.3 Å². The topological polar surface area (TPSA) is 74.6 Å². The summed E-state index contributed by atoms with van der Waals surface area (Å²) in [6, 6.07) is 0. The predicted octanol–water partition coefficient (Wildman–Crippen LogP) is 2.62. The Labute approximate surface area is 96.7 Å². The molecule has 0 aliphatic rings. The van der Waals surface area contributed by atoms with Gasteiger partial charge in [-0.2, -0.15) is 0 Å². The molecule has 4 nitrogen and oxygen atoms in total. The third-order valence-corrected chi connectivity index (χ3v) is 3.02. The lowest BCUT2D eigenvalue weighted by Crippen LogP contribution is -2.31. The van der Waals surface area contributed by atoms with E-state index in [4.69, 9.17) is 10.2 Å². The Balaban J connectivity index is 4.58. The summed E-state index contributed by atoms with van der Waals surface area (Å²) in [7, 11) is 0. The lowest BCUT2D eigenvalue weighted by Gasteiger charge is -2.27. The van der Waals surface area contributed by atoms with Crippen LogP contribution in [0.4, 0.5) is 0 Å². The van der Waals surface area contributed by atoms with Crippen LogP contribution < -0.4 is 0 Å². The fraction of sp³-hybridized carbons (Fsp3) is 0.833. The Kier molecular flexibility index (Phi) is 5.48. The minimum Gasteiger partial charge on any atom is -0.481 e. The van der Waals surface area contributed by atoms with Crippen molar-refractivity contribution in [3.63, 3.8) is 0 Å². The van der Waals surface area contributed by atoms with Crippen LogP contribution in [-0.4, -0.2) is 22.2 Å². The molecular formula is C12H22O4. The summed E-state index contributed by atoms with van der Waals surface area (Å²) >= 11 is 0. The molecule has 0 heterocycles. The normalized spacial score (nSPS) is 15.5. The highest BCUT2D eigenvalue weighted by Gasteiger charge is 2.34. The number of carbonyl (C=O) groups is 2. The van der Waals surface area contributed by atoms with Crippen LogP contribution in [0.15, 0.2) is 0 Å². The third-order valence-electron chi connectivity index (χ3n) is 3.02. The fourth-order valence-corrected chi connectivity index (χ4v) is 2.00. The van der Waals surface area contributed by atoms with E-state index < -0.39 is 23.3 Å². The van der Waals surface area contributed by atoms with Gasteiger partial charge in [-0.25, -0.2) is 0 Å². The molecule has 0 aliphatic carbocycles. The van der Waals surface area contributed by atoms with E-state index in [2.05, 4.69) is 0 Å². The zero-order valence-corrected chi connectivity index (χ0v) is 10.5. The summed E-state index contributed by atoms with van der Waals surface area (Å²) < 4.78 is 0. The Hall–Kier alpha value is -1.06. The Morgan fingerprint density at radius 1 is 1.25 bits per heavy atom. The van der Waals surface area contributed by atoms with Gasteiger partial charge in [0.1, 0.15) is 0 Å². The molecule has 0 radical (unpaired) electrons. The second-order valence-electron chi connectivity index (χ2n) is 5.10. The standard InChI is InChI=1S/C12H22O4/c1-5-6-9(10(13)14)8(2)7-12(3,4)11(15)16/h8-9H,5-7H2,1-4H3,(H,13,14)(H,15,16). The fourth-order valence-electron chi connectivity index (χ4n) is 2.00. The highest BCUT2D eigenvalue weighted by molar-refractivity contribution is 5.74. The van der Waals surface area contributed by atoms with Crippen LogP contribution in [0, 0.1) is 17.3 Å². The van der Waals surface area contributed by atoms with Crippen LogP contribution in [0.2, 0.25) is 0 Å². The Morgan fingerprint density at radius 3 is 2.06 bits per heavy atom. The van der Waals surface area contributed by atoms with E-state index in [0.717, 1.165) is 6.42 Å². The van der Waals surface area contributed by atoms with Gasteiger partial charge in [-0.05, 0) is 32.6 Å². The quantitative estimate of drug-likeness (QED) is 0.705. The molecule has 0 aliphatic heterocycles. The maximum absolute atomic E-state index is 11.0. The summed E-state index contributed by atoms with van der Waals surface area (Å²) in [5, 5.41) is 18.1. The van der Waals surface area contributed by atoms with Gasteiger partial charge in [0, 0.05) is 0 Å². The molecule has 0 aromatic rings. The van der Waals surface area contributed by atoms with Gasteiger partial charge in [0.2, 0.25) is 0 Å². The second kappa shape index (κ2) is 5.87. The smallest absolute Gasteiger partial charge is 0.309 e. The summed E-state index contributed by atoms with van der Waals surface area (Å²) in [5.41, 5.74) is -0.860. The lowest BCUT2D eigenvalue weighted by molar-refractivity contribution is -0.151. The molecule has 0 rings (SSSR count). The molecule has 16 heavy (non-hydrogen) atoms. The van der Waals surface area contributed by atoms with Crippen molar-refractivity contribution >= 4 is 11.9 Å². The predicted molar refractivity (Wildman–Crippen MR) is 61.2 cm³/mol. The zero-order chi connectivity index (χ0) is 12.9. The molecule has 4 heteroatoms. The molecule has 0 bridgehead atoms. The van der Waals surface area contributed by atoms with E-state index in [0.29, 0.717) is 12.8 Å². The maximum atomic E-state index is 11.0. The third kappa shape index (κ3) is 4.21. The number of hydrogen-bond donors (Lipinski definition) is 2. The molecule has 0 aromatic carbocycles. The van der Waals surface area contributed by atoms with Crippen molar-refractivity contribution in [2.45, 2.75) is 47.0 Å². The molecule has 94 valence electrons. The van der Waals surface area contributed by atoms with Crippen molar-refractivity contribution in [3.8, 4) is 0 Å². The van der Waals surface area contributed by atoms with Crippen molar-refractivity contribution in [1.82, 2.24) is 0 Å². The Bertz CT molecular complexity index is 258. The van der Waals surface area contributed by atoms with E-state index in [1.54, 1.807) is 13.8 Å². The van der Waals surface area contributed by atoms with Crippen molar-refractivity contribution in [3.05, 3.63) is 0 Å². The summed E-state index contributed by atoms with van der Waals surface area (Å²) in [4.78, 5) is 22.0. The van der Waals surface area contributed by atoms with Crippen molar-refractivity contribution in [1.29, 1.82) is 0 Å². The van der Waals surface area contributed by atoms with Crippen LogP contribution in [0.3, 0.4) is 0 Å². The minimum absolute atomic E-state index is 0.122. The van der Waals surface area contributed by atoms with E-state index in [1.165, 1.54) is 0 Å². The highest BCUT2D eigenvalue weighted by atomic mass is 16.4. The summed E-state index contributed by atoms with van der Waals surface area (Å²) in [6.45, 7) is 7.03. The van der Waals surface area contributed by atoms with Crippen molar-refractivity contribution in [2.75, 3.05) is 0 Å². The molecule has 0 saturated heterocycles. The zero-order valence-electron chi connectivity index (χ0n) is 10.5. The van der Waals surface area contributed by atoms with Gasteiger partial charge in [0.25, 0.3) is 0 Å². The van der Waals surface area contributed by atoms with Gasteiger partial charge >= 0.3 is 11.9 Å². The Morgan fingerprint density at radius 2 is 1.75 bits per heavy atom. The number of aliphatic carboxylic acids is 2. The van der Waals surface area contributed by atoms with Crippen LogP contribution >= 0.6 is 0 Å². The summed E-state index contributed by atoms with van der Waals surface area (Å²) in [5.74, 6) is -2.26. The minimum atomic E-state index is -0.875. The monoisotopic (exact) mass is 230 g/mol. The van der Waals surface area contributed by atoms with Crippen LogP contribution in [-0.2, 0) is 9.59 Å². The van der Waals surface area contributed by atoms with Crippen molar-refractivity contribution < 1.29 is 19.8 Å². The first-order valence-corrected chi connectivity index (χ1v) is 5.68. The van der Waals surface area contributed by atoms with E-state index in [1.807, 2.05) is 13.8 Å². The van der Waals surface area contributed by atoms with Gasteiger partial charge in [-0.15, -0.1) is 0 Å². The molecule has 0 aromatic heterocycles. The van der Waals surface area contributed by atoms with E-state index in [9.17, 15) is 9.59 Å². The van der Waals surface area contributed by atoms with Crippen LogP contribution in [0.25, 0.3) is 0 Å². The number of carboxylic acid groups (broad SMARTS) is 2. The lowest BCUT2D eigenvalue weighted by atomic mass is 9.77. The molecule has 2 atom stereocenters. The van der Waals surface area contributed by atoms with Gasteiger partial charge in [0.15, 0.2) is 0 Å². The first-order chi connectivity index (χ1) is 7.22. The first-order valence-electron chi connectivity index (χ1n) is 5.68. The largest absolute Gasteiger partial charge is 0.481 e. The molecule has 2 unspecified atom stereocenters. The molecule has 0 fully saturated rings. The van der Waals surface area contributed by atoms with Crippen LogP contribution in [0.5, 0.6) is 0 Å². The molecule has 0 amide bonds. The highest BCUT2D eigenvalue weighted by Crippen LogP contribution is 2.31. The van der Waals surface area contributed by atoms with E-state index in [-0.39, 0.29) is 5.92 Å². The van der Waals surface area contributed by atoms with Gasteiger partial charge in [0.05, 0.1) is 11.3 Å². The number of carboxylic acids is 2. The molecule has 2 N–H and O–H groups in total. The van der Waals surface area contributed by atoms with E-state index >= 15 is 0 Å². The molecular weight excluding hydrogens is 208 g/mol. The summed E-state index contributed by atoms with van der Waals surface area (Å²) in [6.07, 6.45) is 1.79. The van der Waals surface area contributed by atoms with Gasteiger partial charge < -0.3 is 10.2 Å². The number of hydrogen-bond acceptors (Lipinski definition) is 2. The first kappa shape index (κ1) is 14.9. The van der Waals surface area contributed by atoms with Crippen molar-refractivity contribution in [2.24, 2.45) is 17.3 Å².